The summed E-state index contributed by atoms with van der Waals surface area (Å²) in [6, 6.07) is 13.7. The first-order valence-electron chi connectivity index (χ1n) is 10.3. The highest BCUT2D eigenvalue weighted by Crippen LogP contribution is 2.25. The number of benzene rings is 2. The minimum absolute atomic E-state index is 0.0764. The van der Waals surface area contributed by atoms with E-state index in [1.807, 2.05) is 44.2 Å². The Bertz CT molecular complexity index is 1040. The molecule has 0 saturated carbocycles. The van der Waals surface area contributed by atoms with Crippen molar-refractivity contribution in [1.29, 1.82) is 0 Å². The van der Waals surface area contributed by atoms with Crippen LogP contribution in [0.15, 0.2) is 48.0 Å². The Morgan fingerprint density at radius 3 is 2.23 bits per heavy atom. The van der Waals surface area contributed by atoms with Gasteiger partial charge in [-0.15, -0.1) is 0 Å². The number of aryl methyl sites for hydroxylation is 2. The third-order valence-corrected chi connectivity index (χ3v) is 6.06. The van der Waals surface area contributed by atoms with E-state index in [-0.39, 0.29) is 10.7 Å². The second-order valence-corrected chi connectivity index (χ2v) is 8.25. The average molecular weight is 420 g/mol. The molecule has 2 saturated heterocycles. The van der Waals surface area contributed by atoms with E-state index in [1.54, 1.807) is 6.08 Å². The van der Waals surface area contributed by atoms with E-state index in [4.69, 9.17) is 12.2 Å². The molecule has 0 atom stereocenters. The van der Waals surface area contributed by atoms with E-state index < -0.39 is 11.8 Å². The summed E-state index contributed by atoms with van der Waals surface area (Å²) in [7, 11) is 0. The molecule has 2 aliphatic rings. The summed E-state index contributed by atoms with van der Waals surface area (Å²) >= 11 is 5.29. The Morgan fingerprint density at radius 2 is 1.57 bits per heavy atom. The van der Waals surface area contributed by atoms with E-state index in [0.717, 1.165) is 29.8 Å². The molecule has 2 aromatic carbocycles. The summed E-state index contributed by atoms with van der Waals surface area (Å²) < 4.78 is 0. The van der Waals surface area contributed by atoms with Crippen molar-refractivity contribution in [2.24, 2.45) is 0 Å². The van der Waals surface area contributed by atoms with E-state index in [9.17, 15) is 9.59 Å². The number of carbonyl (C=O) groups excluding carboxylic acids is 2. The highest BCUT2D eigenvalue weighted by Gasteiger charge is 2.34. The zero-order chi connectivity index (χ0) is 21.3. The van der Waals surface area contributed by atoms with Crippen LogP contribution in [0.4, 0.5) is 11.4 Å². The minimum atomic E-state index is -0.467. The van der Waals surface area contributed by atoms with Crippen molar-refractivity contribution < 1.29 is 9.59 Å². The van der Waals surface area contributed by atoms with Crippen molar-refractivity contribution in [3.63, 3.8) is 0 Å². The quantitative estimate of drug-likeness (QED) is 0.462. The van der Waals surface area contributed by atoms with Gasteiger partial charge in [0.25, 0.3) is 11.8 Å². The number of thiocarbonyl (C=S) groups is 1. The number of carbonyl (C=O) groups is 2. The zero-order valence-corrected chi connectivity index (χ0v) is 18.1. The summed E-state index contributed by atoms with van der Waals surface area (Å²) in [5, 5.41) is 2.75. The topological polar surface area (TPSA) is 52.7 Å². The number of piperidine rings is 1. The smallest absolute Gasteiger partial charge is 0.270 e. The van der Waals surface area contributed by atoms with Crippen LogP contribution < -0.4 is 15.1 Å². The molecule has 2 heterocycles. The largest absolute Gasteiger partial charge is 0.372 e. The number of nitrogens with zero attached hydrogens (tertiary/aromatic N) is 2. The van der Waals surface area contributed by atoms with Crippen molar-refractivity contribution in [3.8, 4) is 0 Å². The summed E-state index contributed by atoms with van der Waals surface area (Å²) in [4.78, 5) is 29.4. The second kappa shape index (κ2) is 8.40. The molecule has 154 valence electrons. The maximum absolute atomic E-state index is 13.2. The van der Waals surface area contributed by atoms with Crippen LogP contribution in [0.2, 0.25) is 0 Å². The van der Waals surface area contributed by atoms with Crippen molar-refractivity contribution in [2.45, 2.75) is 33.1 Å². The Morgan fingerprint density at radius 1 is 0.900 bits per heavy atom. The average Bonchev–Trinajstić information content (AvgIpc) is 2.74. The Hall–Kier alpha value is -2.99. The number of anilines is 2. The lowest BCUT2D eigenvalue weighted by molar-refractivity contribution is -0.122. The molecule has 0 spiro atoms. The van der Waals surface area contributed by atoms with Crippen molar-refractivity contribution >= 4 is 46.6 Å². The molecular weight excluding hydrogens is 394 g/mol. The molecule has 5 nitrogen and oxygen atoms in total. The number of hydrogen-bond acceptors (Lipinski definition) is 4. The van der Waals surface area contributed by atoms with Crippen molar-refractivity contribution in [2.75, 3.05) is 22.9 Å². The number of amides is 2. The SMILES string of the molecule is Cc1ccc(N2C(=O)/C(=C/c3ccc(N4CCCCC4)cc3)C(=O)NC2=S)cc1C. The third kappa shape index (κ3) is 4.00. The van der Waals surface area contributed by atoms with Gasteiger partial charge in [-0.3, -0.25) is 19.8 Å². The van der Waals surface area contributed by atoms with Gasteiger partial charge in [0, 0.05) is 18.8 Å². The molecule has 0 bridgehead atoms. The first kappa shape index (κ1) is 20.3. The van der Waals surface area contributed by atoms with Gasteiger partial charge < -0.3 is 4.90 Å². The maximum Gasteiger partial charge on any atom is 0.270 e. The van der Waals surface area contributed by atoms with E-state index in [0.29, 0.717) is 5.69 Å². The molecule has 0 aromatic heterocycles. The van der Waals surface area contributed by atoms with Gasteiger partial charge in [0.05, 0.1) is 5.69 Å². The predicted octanol–water partition coefficient (Wildman–Crippen LogP) is 4.13. The lowest BCUT2D eigenvalue weighted by atomic mass is 10.0. The van der Waals surface area contributed by atoms with Crippen LogP contribution in [-0.2, 0) is 9.59 Å². The van der Waals surface area contributed by atoms with Gasteiger partial charge in [-0.05, 0) is 92.4 Å². The first-order chi connectivity index (χ1) is 14.4. The Labute approximate surface area is 182 Å². The molecule has 0 unspecified atom stereocenters. The fourth-order valence-electron chi connectivity index (χ4n) is 3.86. The molecule has 2 fully saturated rings. The summed E-state index contributed by atoms with van der Waals surface area (Å²) in [6.45, 7) is 6.14. The van der Waals surface area contributed by atoms with Crippen LogP contribution in [0.1, 0.15) is 36.0 Å². The predicted molar refractivity (Wildman–Crippen MR) is 125 cm³/mol. The zero-order valence-electron chi connectivity index (χ0n) is 17.3. The van der Waals surface area contributed by atoms with Crippen molar-refractivity contribution in [3.05, 3.63) is 64.7 Å². The molecule has 2 aromatic rings. The summed E-state index contributed by atoms with van der Waals surface area (Å²) in [5.74, 6) is -0.877. The van der Waals surface area contributed by atoms with E-state index in [2.05, 4.69) is 22.3 Å². The fraction of sp³-hybridized carbons (Fsp3) is 0.292. The second-order valence-electron chi connectivity index (χ2n) is 7.87. The molecule has 6 heteroatoms. The lowest BCUT2D eigenvalue weighted by Gasteiger charge is -2.29. The van der Waals surface area contributed by atoms with Gasteiger partial charge in [0.2, 0.25) is 0 Å². The number of hydrogen-bond donors (Lipinski definition) is 1. The number of rotatable bonds is 3. The highest BCUT2D eigenvalue weighted by atomic mass is 32.1. The first-order valence-corrected chi connectivity index (χ1v) is 10.7. The summed E-state index contributed by atoms with van der Waals surface area (Å²) in [6.07, 6.45) is 5.35. The van der Waals surface area contributed by atoms with Crippen LogP contribution in [0.25, 0.3) is 6.08 Å². The third-order valence-electron chi connectivity index (χ3n) is 5.78. The van der Waals surface area contributed by atoms with Gasteiger partial charge in [-0.1, -0.05) is 18.2 Å². The maximum atomic E-state index is 13.2. The van der Waals surface area contributed by atoms with Crippen LogP contribution >= 0.6 is 12.2 Å². The van der Waals surface area contributed by atoms with Gasteiger partial charge in [-0.25, -0.2) is 0 Å². The van der Waals surface area contributed by atoms with Crippen molar-refractivity contribution in [1.82, 2.24) is 5.32 Å². The molecule has 0 aliphatic carbocycles. The lowest BCUT2D eigenvalue weighted by Crippen LogP contribution is -2.54. The standard InChI is InChI=1S/C24H25N3O2S/c1-16-6-9-20(14-17(16)2)27-23(29)21(22(28)25-24(27)30)15-18-7-10-19(11-8-18)26-12-4-3-5-13-26/h6-11,14-15H,3-5,12-13H2,1-2H3,(H,25,28,30)/b21-15+. The Balaban J connectivity index is 1.61. The number of nitrogens with one attached hydrogen (secondary N) is 1. The highest BCUT2D eigenvalue weighted by molar-refractivity contribution is 7.80. The monoisotopic (exact) mass is 419 g/mol. The van der Waals surface area contributed by atoms with Crippen LogP contribution in [0.5, 0.6) is 0 Å². The molecule has 2 amide bonds. The molecule has 1 N–H and O–H groups in total. The summed E-state index contributed by atoms with van der Waals surface area (Å²) in [5.41, 5.74) is 4.89. The molecule has 4 rings (SSSR count). The van der Waals surface area contributed by atoms with Gasteiger partial charge in [-0.2, -0.15) is 0 Å². The van der Waals surface area contributed by atoms with E-state index >= 15 is 0 Å². The molecule has 0 radical (unpaired) electrons. The normalized spacial score (nSPS) is 18.7. The van der Waals surface area contributed by atoms with Gasteiger partial charge >= 0.3 is 0 Å². The molecular formula is C24H25N3O2S. The van der Waals surface area contributed by atoms with Gasteiger partial charge in [0.15, 0.2) is 5.11 Å². The molecule has 2 aliphatic heterocycles. The van der Waals surface area contributed by atoms with E-state index in [1.165, 1.54) is 29.8 Å². The fourth-order valence-corrected chi connectivity index (χ4v) is 4.14. The van der Waals surface area contributed by atoms with Crippen LogP contribution in [-0.4, -0.2) is 30.0 Å². The van der Waals surface area contributed by atoms with Crippen LogP contribution in [0.3, 0.4) is 0 Å². The molecule has 30 heavy (non-hydrogen) atoms. The Kier molecular flexibility index (Phi) is 5.68. The van der Waals surface area contributed by atoms with Gasteiger partial charge in [0.1, 0.15) is 5.57 Å². The minimum Gasteiger partial charge on any atom is -0.372 e. The van der Waals surface area contributed by atoms with Crippen LogP contribution in [0, 0.1) is 13.8 Å².